The van der Waals surface area contributed by atoms with E-state index >= 15 is 0 Å². The second kappa shape index (κ2) is 6.35. The van der Waals surface area contributed by atoms with Gasteiger partial charge in [0.15, 0.2) is 11.5 Å². The topological polar surface area (TPSA) is 93.1 Å². The fourth-order valence-electron chi connectivity index (χ4n) is 3.06. The second-order valence-corrected chi connectivity index (χ2v) is 5.86. The Balaban J connectivity index is 2.14. The number of carbonyl (C=O) groups excluding carboxylic acids is 2. The Morgan fingerprint density at radius 3 is 2.56 bits per heavy atom. The Bertz CT molecular complexity index is 837. The van der Waals surface area contributed by atoms with Crippen molar-refractivity contribution in [3.63, 3.8) is 0 Å². The van der Waals surface area contributed by atoms with Crippen molar-refractivity contribution in [2.75, 3.05) is 25.5 Å². The van der Waals surface area contributed by atoms with Crippen molar-refractivity contribution in [2.24, 2.45) is 0 Å². The van der Waals surface area contributed by atoms with Gasteiger partial charge in [0.2, 0.25) is 5.91 Å². The molecule has 0 saturated carbocycles. The normalized spacial score (nSPS) is 16.6. The minimum Gasteiger partial charge on any atom is -0.504 e. The number of carbonyl (C=O) groups is 2. The summed E-state index contributed by atoms with van der Waals surface area (Å²) in [6.45, 7) is 0.0391. The first-order valence-electron chi connectivity index (χ1n) is 7.79. The molecule has 1 atom stereocenters. The number of nitrogens with zero attached hydrogens (tertiary/aromatic N) is 2. The number of likely N-dealkylation sites (N-methyl/N-ethyl adjacent to an activating group) is 1. The lowest BCUT2D eigenvalue weighted by atomic mass is 10.0. The van der Waals surface area contributed by atoms with E-state index in [1.165, 1.54) is 17.0 Å². The number of aromatic hydroxyl groups is 2. The summed E-state index contributed by atoms with van der Waals surface area (Å²) in [5.74, 6) is -0.907. The molecule has 0 fully saturated rings. The zero-order valence-corrected chi connectivity index (χ0v) is 13.9. The Morgan fingerprint density at radius 2 is 1.88 bits per heavy atom. The van der Waals surface area contributed by atoms with E-state index in [4.69, 9.17) is 0 Å². The third-order valence-electron chi connectivity index (χ3n) is 4.32. The van der Waals surface area contributed by atoms with Crippen LogP contribution in [0.15, 0.2) is 42.5 Å². The molecule has 0 aliphatic carbocycles. The number of benzene rings is 2. The highest BCUT2D eigenvalue weighted by Crippen LogP contribution is 2.39. The average molecular weight is 341 g/mol. The molecule has 7 nitrogen and oxygen atoms in total. The molecular formula is C18H19N3O4. The van der Waals surface area contributed by atoms with Crippen LogP contribution in [0.25, 0.3) is 0 Å². The first kappa shape index (κ1) is 16.6. The SMILES string of the molecule is CNC(=O)CN1c2ccccc2C(=O)N(C)[C@H]1c1ccc(O)c(O)c1. The molecule has 0 bridgehead atoms. The van der Waals surface area contributed by atoms with Crippen LogP contribution in [0.2, 0.25) is 0 Å². The van der Waals surface area contributed by atoms with E-state index in [1.807, 2.05) is 0 Å². The van der Waals surface area contributed by atoms with Gasteiger partial charge in [-0.3, -0.25) is 9.59 Å². The molecule has 1 aliphatic heterocycles. The summed E-state index contributed by atoms with van der Waals surface area (Å²) in [6.07, 6.45) is -0.591. The Hall–Kier alpha value is -3.22. The average Bonchev–Trinajstić information content (AvgIpc) is 2.62. The summed E-state index contributed by atoms with van der Waals surface area (Å²) in [5.41, 5.74) is 1.74. The maximum absolute atomic E-state index is 12.7. The van der Waals surface area contributed by atoms with Gasteiger partial charge in [-0.1, -0.05) is 18.2 Å². The van der Waals surface area contributed by atoms with Crippen molar-refractivity contribution in [3.8, 4) is 11.5 Å². The van der Waals surface area contributed by atoms with E-state index in [0.29, 0.717) is 16.8 Å². The van der Waals surface area contributed by atoms with Gasteiger partial charge in [-0.15, -0.1) is 0 Å². The highest BCUT2D eigenvalue weighted by molar-refractivity contribution is 6.02. The van der Waals surface area contributed by atoms with Crippen LogP contribution in [0.5, 0.6) is 11.5 Å². The van der Waals surface area contributed by atoms with Gasteiger partial charge in [-0.2, -0.15) is 0 Å². The van der Waals surface area contributed by atoms with Gasteiger partial charge < -0.3 is 25.3 Å². The quantitative estimate of drug-likeness (QED) is 0.735. The molecule has 3 rings (SSSR count). The minimum absolute atomic E-state index is 0.0391. The number of nitrogens with one attached hydrogen (secondary N) is 1. The zero-order chi connectivity index (χ0) is 18.1. The van der Waals surface area contributed by atoms with Crippen LogP contribution in [0.1, 0.15) is 22.1 Å². The van der Waals surface area contributed by atoms with Crippen molar-refractivity contribution >= 4 is 17.5 Å². The number of fused-ring (bicyclic) bond motifs is 1. The van der Waals surface area contributed by atoms with Gasteiger partial charge in [0.05, 0.1) is 17.8 Å². The van der Waals surface area contributed by atoms with Gasteiger partial charge >= 0.3 is 0 Å². The van der Waals surface area contributed by atoms with Gasteiger partial charge in [0.1, 0.15) is 6.17 Å². The van der Waals surface area contributed by atoms with Crippen LogP contribution in [0.4, 0.5) is 5.69 Å². The summed E-state index contributed by atoms with van der Waals surface area (Å²) in [5, 5.41) is 22.0. The molecule has 2 amide bonds. The number of hydrogen-bond donors (Lipinski definition) is 3. The van der Waals surface area contributed by atoms with Gasteiger partial charge in [-0.25, -0.2) is 0 Å². The monoisotopic (exact) mass is 341 g/mol. The number of phenolic OH excluding ortho intramolecular Hbond substituents is 2. The third kappa shape index (κ3) is 2.84. The largest absolute Gasteiger partial charge is 0.504 e. The molecule has 0 aromatic heterocycles. The number of anilines is 1. The minimum atomic E-state index is -0.591. The lowest BCUT2D eigenvalue weighted by molar-refractivity contribution is -0.119. The number of rotatable bonds is 3. The van der Waals surface area contributed by atoms with Gasteiger partial charge in [0, 0.05) is 14.1 Å². The summed E-state index contributed by atoms with van der Waals surface area (Å²) in [4.78, 5) is 28.1. The lowest BCUT2D eigenvalue weighted by Crippen LogP contribution is -2.50. The number of phenols is 2. The number of hydrogen-bond acceptors (Lipinski definition) is 5. The van der Waals surface area contributed by atoms with Crippen molar-refractivity contribution in [1.29, 1.82) is 0 Å². The molecule has 130 valence electrons. The van der Waals surface area contributed by atoms with Crippen LogP contribution < -0.4 is 10.2 Å². The standard InChI is InChI=1S/C18H19N3O4/c1-19-16(24)10-21-13-6-4-3-5-12(13)18(25)20(2)17(21)11-7-8-14(22)15(23)9-11/h3-9,17,22-23H,10H2,1-2H3,(H,19,24)/t17-/m1/s1. The van der Waals surface area contributed by atoms with Crippen LogP contribution in [-0.2, 0) is 4.79 Å². The fourth-order valence-corrected chi connectivity index (χ4v) is 3.06. The molecular weight excluding hydrogens is 322 g/mol. The highest BCUT2D eigenvalue weighted by atomic mass is 16.3. The van der Waals surface area contributed by atoms with E-state index in [0.717, 1.165) is 0 Å². The van der Waals surface area contributed by atoms with Crippen LogP contribution in [0.3, 0.4) is 0 Å². The van der Waals surface area contributed by atoms with Crippen LogP contribution >= 0.6 is 0 Å². The molecule has 1 aliphatic rings. The number of amides is 2. The van der Waals surface area contributed by atoms with Gasteiger partial charge in [0.25, 0.3) is 5.91 Å². The molecule has 0 spiro atoms. The molecule has 3 N–H and O–H groups in total. The molecule has 0 saturated heterocycles. The van der Waals surface area contributed by atoms with Crippen LogP contribution in [0, 0.1) is 0 Å². The van der Waals surface area contributed by atoms with E-state index in [9.17, 15) is 19.8 Å². The Morgan fingerprint density at radius 1 is 1.16 bits per heavy atom. The zero-order valence-electron chi connectivity index (χ0n) is 13.9. The van der Waals surface area contributed by atoms with Crippen molar-refractivity contribution < 1.29 is 19.8 Å². The predicted molar refractivity (Wildman–Crippen MR) is 92.5 cm³/mol. The summed E-state index contributed by atoms with van der Waals surface area (Å²) >= 11 is 0. The Labute approximate surface area is 145 Å². The maximum atomic E-state index is 12.7. The van der Waals surface area contributed by atoms with Crippen LogP contribution in [-0.4, -0.2) is 47.6 Å². The molecule has 2 aromatic carbocycles. The first-order chi connectivity index (χ1) is 11.9. The summed E-state index contributed by atoms with van der Waals surface area (Å²) in [7, 11) is 3.19. The highest BCUT2D eigenvalue weighted by Gasteiger charge is 2.37. The molecule has 0 unspecified atom stereocenters. The fraction of sp³-hybridized carbons (Fsp3) is 0.222. The van der Waals surface area contributed by atoms with Crippen molar-refractivity contribution in [2.45, 2.75) is 6.17 Å². The molecule has 7 heteroatoms. The summed E-state index contributed by atoms with van der Waals surface area (Å²) in [6, 6.07) is 11.5. The molecule has 1 heterocycles. The maximum Gasteiger partial charge on any atom is 0.257 e. The molecule has 0 radical (unpaired) electrons. The van der Waals surface area contributed by atoms with E-state index < -0.39 is 6.17 Å². The number of para-hydroxylation sites is 1. The van der Waals surface area contributed by atoms with Crippen molar-refractivity contribution in [3.05, 3.63) is 53.6 Å². The Kier molecular flexibility index (Phi) is 4.22. The lowest BCUT2D eigenvalue weighted by Gasteiger charge is -2.43. The van der Waals surface area contributed by atoms with E-state index in [1.54, 1.807) is 49.3 Å². The van der Waals surface area contributed by atoms with E-state index in [-0.39, 0.29) is 29.9 Å². The van der Waals surface area contributed by atoms with Crippen molar-refractivity contribution in [1.82, 2.24) is 10.2 Å². The third-order valence-corrected chi connectivity index (χ3v) is 4.32. The predicted octanol–water partition coefficient (Wildman–Crippen LogP) is 1.43. The smallest absolute Gasteiger partial charge is 0.257 e. The van der Waals surface area contributed by atoms with Gasteiger partial charge in [-0.05, 0) is 29.8 Å². The first-order valence-corrected chi connectivity index (χ1v) is 7.79. The van der Waals surface area contributed by atoms with E-state index in [2.05, 4.69) is 5.32 Å². The molecule has 25 heavy (non-hydrogen) atoms. The second-order valence-electron chi connectivity index (χ2n) is 5.86. The summed E-state index contributed by atoms with van der Waals surface area (Å²) < 4.78 is 0. The molecule has 2 aromatic rings.